The molecule has 3 nitrogen and oxygen atoms in total. The minimum absolute atomic E-state index is 0.302. The van der Waals surface area contributed by atoms with Gasteiger partial charge < -0.3 is 10.1 Å². The van der Waals surface area contributed by atoms with Crippen molar-refractivity contribution in [1.82, 2.24) is 5.32 Å². The SMILES string of the molecule is O=C1C2CCCCC2C2(C3CCCCC3OC3CCCCC32)C2NCCCC12. The van der Waals surface area contributed by atoms with E-state index in [0.29, 0.717) is 59.0 Å². The second kappa shape index (κ2) is 7.08. The van der Waals surface area contributed by atoms with Crippen LogP contribution in [0.3, 0.4) is 0 Å². The highest BCUT2D eigenvalue weighted by atomic mass is 16.5. The number of fused-ring (bicyclic) bond motifs is 8. The normalized spacial score (nSPS) is 53.6. The number of nitrogens with one attached hydrogen (secondary N) is 1. The van der Waals surface area contributed by atoms with Gasteiger partial charge in [-0.1, -0.05) is 38.5 Å². The summed E-state index contributed by atoms with van der Waals surface area (Å²) >= 11 is 0. The highest BCUT2D eigenvalue weighted by Gasteiger charge is 2.68. The molecule has 0 aromatic heterocycles. The van der Waals surface area contributed by atoms with Crippen LogP contribution >= 0.6 is 0 Å². The lowest BCUT2D eigenvalue weighted by atomic mass is 9.39. The molecule has 6 fully saturated rings. The Bertz CT molecular complexity index is 568. The van der Waals surface area contributed by atoms with E-state index in [1.165, 1.54) is 83.5 Å². The molecular weight excluding hydrogens is 346 g/mol. The van der Waals surface area contributed by atoms with Gasteiger partial charge in [0.1, 0.15) is 5.78 Å². The fourth-order valence-electron chi connectivity index (χ4n) is 9.47. The van der Waals surface area contributed by atoms with Crippen molar-refractivity contribution < 1.29 is 9.53 Å². The number of carbonyl (C=O) groups is 1. The van der Waals surface area contributed by atoms with Crippen LogP contribution in [0.4, 0.5) is 0 Å². The molecule has 8 unspecified atom stereocenters. The molecule has 3 heteroatoms. The molecule has 0 aromatic rings. The summed E-state index contributed by atoms with van der Waals surface area (Å²) < 4.78 is 6.90. The van der Waals surface area contributed by atoms with E-state index in [1.54, 1.807) is 0 Å². The molecule has 0 aromatic carbocycles. The van der Waals surface area contributed by atoms with Crippen molar-refractivity contribution in [3.05, 3.63) is 0 Å². The summed E-state index contributed by atoms with van der Waals surface area (Å²) in [4.78, 5) is 13.7. The van der Waals surface area contributed by atoms with Gasteiger partial charge in [0.05, 0.1) is 12.2 Å². The van der Waals surface area contributed by atoms with E-state index in [-0.39, 0.29) is 0 Å². The van der Waals surface area contributed by atoms with Crippen molar-refractivity contribution in [2.75, 3.05) is 6.54 Å². The number of ether oxygens (including phenoxy) is 1. The first-order chi connectivity index (χ1) is 13.8. The first-order valence-corrected chi connectivity index (χ1v) is 12.7. The maximum absolute atomic E-state index is 13.7. The second-order valence-corrected chi connectivity index (χ2v) is 11.1. The van der Waals surface area contributed by atoms with Crippen LogP contribution in [0.25, 0.3) is 0 Å². The zero-order valence-electron chi connectivity index (χ0n) is 17.5. The lowest BCUT2D eigenvalue weighted by Gasteiger charge is -2.69. The van der Waals surface area contributed by atoms with Gasteiger partial charge in [-0.05, 0) is 75.7 Å². The van der Waals surface area contributed by atoms with Crippen molar-refractivity contribution in [2.24, 2.45) is 35.0 Å². The van der Waals surface area contributed by atoms with Crippen molar-refractivity contribution in [2.45, 2.75) is 108 Å². The van der Waals surface area contributed by atoms with E-state index in [1.807, 2.05) is 0 Å². The van der Waals surface area contributed by atoms with Gasteiger partial charge in [-0.25, -0.2) is 0 Å². The predicted octanol–water partition coefficient (Wildman–Crippen LogP) is 4.88. The monoisotopic (exact) mass is 385 g/mol. The summed E-state index contributed by atoms with van der Waals surface area (Å²) in [5, 5.41) is 4.03. The van der Waals surface area contributed by atoms with Gasteiger partial charge in [0.25, 0.3) is 0 Å². The Hall–Kier alpha value is -0.410. The van der Waals surface area contributed by atoms with Crippen molar-refractivity contribution >= 4 is 5.78 Å². The molecule has 6 rings (SSSR count). The average molecular weight is 386 g/mol. The molecule has 0 amide bonds. The minimum atomic E-state index is 0.302. The third-order valence-electron chi connectivity index (χ3n) is 10.2. The van der Waals surface area contributed by atoms with E-state index in [2.05, 4.69) is 5.32 Å². The number of ketones is 1. The van der Waals surface area contributed by atoms with Crippen LogP contribution in [0, 0.1) is 35.0 Å². The molecule has 2 aliphatic heterocycles. The van der Waals surface area contributed by atoms with Crippen LogP contribution in [0.1, 0.15) is 89.9 Å². The highest BCUT2D eigenvalue weighted by Crippen LogP contribution is 2.66. The highest BCUT2D eigenvalue weighted by molar-refractivity contribution is 5.86. The maximum Gasteiger partial charge on any atom is 0.140 e. The van der Waals surface area contributed by atoms with Crippen LogP contribution in [-0.2, 0) is 9.53 Å². The van der Waals surface area contributed by atoms with Crippen molar-refractivity contribution in [3.63, 3.8) is 0 Å². The Morgan fingerprint density at radius 1 is 0.679 bits per heavy atom. The minimum Gasteiger partial charge on any atom is -0.374 e. The lowest BCUT2D eigenvalue weighted by Crippen LogP contribution is -2.74. The number of piperidine rings is 1. The summed E-state index contributed by atoms with van der Waals surface area (Å²) in [6, 6.07) is 0.452. The number of Topliss-reactive ketones (excluding diaryl/α,β-unsaturated/α-hetero) is 1. The van der Waals surface area contributed by atoms with Crippen molar-refractivity contribution in [3.8, 4) is 0 Å². The molecule has 1 spiro atoms. The van der Waals surface area contributed by atoms with Crippen LogP contribution < -0.4 is 5.32 Å². The van der Waals surface area contributed by atoms with Gasteiger partial charge >= 0.3 is 0 Å². The molecule has 0 radical (unpaired) electrons. The second-order valence-electron chi connectivity index (χ2n) is 11.1. The summed E-state index contributed by atoms with van der Waals surface area (Å²) in [5.41, 5.74) is 0.346. The molecule has 4 saturated carbocycles. The molecule has 6 aliphatic rings. The van der Waals surface area contributed by atoms with E-state index in [0.717, 1.165) is 13.0 Å². The number of hydrogen-bond acceptors (Lipinski definition) is 3. The maximum atomic E-state index is 13.7. The number of hydrogen-bond donors (Lipinski definition) is 1. The Balaban J connectivity index is 1.52. The van der Waals surface area contributed by atoms with Gasteiger partial charge in [0.15, 0.2) is 0 Å². The Kier molecular flexibility index (Phi) is 4.64. The molecule has 0 bridgehead atoms. The van der Waals surface area contributed by atoms with Gasteiger partial charge in [0.2, 0.25) is 0 Å². The Morgan fingerprint density at radius 3 is 1.96 bits per heavy atom. The fourth-order valence-corrected chi connectivity index (χ4v) is 9.47. The third-order valence-corrected chi connectivity index (χ3v) is 10.2. The molecule has 2 heterocycles. The van der Waals surface area contributed by atoms with Crippen LogP contribution in [0.15, 0.2) is 0 Å². The van der Waals surface area contributed by atoms with E-state index in [9.17, 15) is 4.79 Å². The van der Waals surface area contributed by atoms with Gasteiger partial charge in [-0.3, -0.25) is 4.79 Å². The topological polar surface area (TPSA) is 38.3 Å². The molecule has 4 aliphatic carbocycles. The molecule has 28 heavy (non-hydrogen) atoms. The van der Waals surface area contributed by atoms with Crippen LogP contribution in [-0.4, -0.2) is 30.6 Å². The summed E-state index contributed by atoms with van der Waals surface area (Å²) in [7, 11) is 0. The van der Waals surface area contributed by atoms with Gasteiger partial charge in [-0.15, -0.1) is 0 Å². The summed E-state index contributed by atoms with van der Waals surface area (Å²) in [5.74, 6) is 3.39. The standard InChI is InChI=1S/C25H39NO2/c27-23-16-8-1-2-10-18(16)25(24-17(23)9-7-15-26-24)19-11-3-5-13-21(19)28-22-14-6-4-12-20(22)25/h16-22,24,26H,1-15H2. The largest absolute Gasteiger partial charge is 0.374 e. The molecule has 1 N–H and O–H groups in total. The average Bonchev–Trinajstić information content (AvgIpc) is 2.77. The van der Waals surface area contributed by atoms with Crippen molar-refractivity contribution in [1.29, 1.82) is 0 Å². The molecule has 8 atom stereocenters. The summed E-state index contributed by atoms with van der Waals surface area (Å²) in [6.45, 7) is 1.13. The summed E-state index contributed by atoms with van der Waals surface area (Å²) in [6.07, 6.45) is 19.2. The third kappa shape index (κ3) is 2.44. The predicted molar refractivity (Wildman–Crippen MR) is 110 cm³/mol. The molecule has 156 valence electrons. The zero-order chi connectivity index (χ0) is 18.7. The first kappa shape index (κ1) is 18.4. The Labute approximate surface area is 170 Å². The molecule has 2 saturated heterocycles. The smallest absolute Gasteiger partial charge is 0.140 e. The quantitative estimate of drug-likeness (QED) is 0.646. The van der Waals surface area contributed by atoms with E-state index in [4.69, 9.17) is 4.74 Å². The molecular formula is C25H39NO2. The van der Waals surface area contributed by atoms with Crippen LogP contribution in [0.5, 0.6) is 0 Å². The lowest BCUT2D eigenvalue weighted by molar-refractivity contribution is -0.260. The first-order valence-electron chi connectivity index (χ1n) is 12.7. The van der Waals surface area contributed by atoms with Crippen LogP contribution in [0.2, 0.25) is 0 Å². The van der Waals surface area contributed by atoms with Gasteiger partial charge in [0, 0.05) is 23.3 Å². The number of carbonyl (C=O) groups excluding carboxylic acids is 1. The van der Waals surface area contributed by atoms with Gasteiger partial charge in [-0.2, -0.15) is 0 Å². The fraction of sp³-hybridized carbons (Fsp3) is 0.960. The van der Waals surface area contributed by atoms with E-state index < -0.39 is 0 Å². The number of rotatable bonds is 0. The van der Waals surface area contributed by atoms with E-state index >= 15 is 0 Å². The Morgan fingerprint density at radius 2 is 1.25 bits per heavy atom. The zero-order valence-corrected chi connectivity index (χ0v) is 17.5.